The van der Waals surface area contributed by atoms with Crippen LogP contribution >= 0.6 is 0 Å². The molecular weight excluding hydrogens is 389 g/mol. The largest absolute Gasteiger partial charge is 0.477 e. The summed E-state index contributed by atoms with van der Waals surface area (Å²) in [6, 6.07) is 7.63. The van der Waals surface area contributed by atoms with Crippen LogP contribution in [0.15, 0.2) is 47.4 Å². The van der Waals surface area contributed by atoms with Crippen LogP contribution < -0.4 is 10.1 Å². The van der Waals surface area contributed by atoms with Crippen molar-refractivity contribution < 1.29 is 31.8 Å². The smallest absolute Gasteiger partial charge is 0.416 e. The van der Waals surface area contributed by atoms with Gasteiger partial charge in [0.05, 0.1) is 21.3 Å². The highest BCUT2D eigenvalue weighted by atomic mass is 32.2. The predicted molar refractivity (Wildman–Crippen MR) is 91.0 cm³/mol. The van der Waals surface area contributed by atoms with Crippen molar-refractivity contribution in [2.24, 2.45) is 0 Å². The van der Waals surface area contributed by atoms with E-state index in [4.69, 9.17) is 4.74 Å². The van der Waals surface area contributed by atoms with E-state index in [2.05, 4.69) is 5.32 Å². The number of carbonyl (C=O) groups excluding carboxylic acids is 1. The van der Waals surface area contributed by atoms with E-state index >= 15 is 0 Å². The van der Waals surface area contributed by atoms with Crippen LogP contribution in [-0.4, -0.2) is 27.9 Å². The fourth-order valence-corrected chi connectivity index (χ4v) is 2.59. The summed E-state index contributed by atoms with van der Waals surface area (Å²) in [6.45, 7) is -0.661. The van der Waals surface area contributed by atoms with Crippen LogP contribution in [0.1, 0.15) is 5.56 Å². The molecule has 144 valence electrons. The highest BCUT2D eigenvalue weighted by molar-refractivity contribution is 7.84. The van der Waals surface area contributed by atoms with Crippen molar-refractivity contribution in [1.29, 1.82) is 0 Å². The maximum Gasteiger partial charge on any atom is 0.416 e. The molecule has 0 aliphatic carbocycles. The third-order valence-electron chi connectivity index (χ3n) is 3.29. The van der Waals surface area contributed by atoms with E-state index < -0.39 is 45.7 Å². The Hall–Kier alpha value is -2.95. The van der Waals surface area contributed by atoms with Crippen LogP contribution in [-0.2, 0) is 21.8 Å². The molecule has 0 heterocycles. The molecule has 2 rings (SSSR count). The molecule has 0 radical (unpaired) electrons. The molecule has 2 aromatic carbocycles. The summed E-state index contributed by atoms with van der Waals surface area (Å²) in [5.41, 5.74) is -1.50. The number of alkyl halides is 3. The monoisotopic (exact) mass is 402 g/mol. The van der Waals surface area contributed by atoms with Gasteiger partial charge in [-0.25, -0.2) is 0 Å². The van der Waals surface area contributed by atoms with Gasteiger partial charge in [0.25, 0.3) is 5.91 Å². The van der Waals surface area contributed by atoms with Crippen LogP contribution in [0.25, 0.3) is 0 Å². The molecule has 0 aliphatic rings. The van der Waals surface area contributed by atoms with Gasteiger partial charge in [-0.1, -0.05) is 6.07 Å². The third-order valence-corrected chi connectivity index (χ3v) is 4.21. The van der Waals surface area contributed by atoms with Crippen molar-refractivity contribution in [1.82, 2.24) is 0 Å². The first-order chi connectivity index (χ1) is 12.6. The molecule has 27 heavy (non-hydrogen) atoms. The lowest BCUT2D eigenvalue weighted by Crippen LogP contribution is -2.20. The van der Waals surface area contributed by atoms with Crippen LogP contribution in [0.4, 0.5) is 24.5 Å². The SMILES string of the molecule is CS(=O)c1ccc(OCC(=O)Nc2cccc(C(F)(F)F)c2)c([N+](=O)[O-])c1. The van der Waals surface area contributed by atoms with Crippen LogP contribution in [0.5, 0.6) is 5.75 Å². The Morgan fingerprint density at radius 1 is 1.26 bits per heavy atom. The van der Waals surface area contributed by atoms with Gasteiger partial charge in [0, 0.05) is 22.9 Å². The fourth-order valence-electron chi connectivity index (χ4n) is 2.05. The van der Waals surface area contributed by atoms with Gasteiger partial charge >= 0.3 is 11.9 Å². The number of nitrogens with zero attached hydrogens (tertiary/aromatic N) is 1. The molecule has 1 unspecified atom stereocenters. The van der Waals surface area contributed by atoms with Gasteiger partial charge in [-0.15, -0.1) is 0 Å². The number of nitro benzene ring substituents is 1. The standard InChI is InChI=1S/C16H13F3N2O5S/c1-27(25)12-5-6-14(13(8-12)21(23)24)26-9-15(22)20-11-4-2-3-10(7-11)16(17,18)19/h2-8H,9H2,1H3,(H,20,22). The van der Waals surface area contributed by atoms with Crippen LogP contribution in [0.3, 0.4) is 0 Å². The third kappa shape index (κ3) is 5.51. The molecule has 0 spiro atoms. The van der Waals surface area contributed by atoms with Gasteiger partial charge in [0.2, 0.25) is 0 Å². The number of halogens is 3. The molecule has 0 aliphatic heterocycles. The van der Waals surface area contributed by atoms with E-state index in [1.165, 1.54) is 24.5 Å². The second-order valence-electron chi connectivity index (χ2n) is 5.26. The lowest BCUT2D eigenvalue weighted by molar-refractivity contribution is -0.386. The molecule has 1 atom stereocenters. The number of amides is 1. The topological polar surface area (TPSA) is 98.5 Å². The van der Waals surface area contributed by atoms with Gasteiger partial charge in [0.1, 0.15) is 0 Å². The Kier molecular flexibility index (Phi) is 6.16. The molecule has 1 amide bonds. The summed E-state index contributed by atoms with van der Waals surface area (Å²) in [7, 11) is -1.44. The molecule has 0 fully saturated rings. The Balaban J connectivity index is 2.08. The average Bonchev–Trinajstić information content (AvgIpc) is 2.59. The Morgan fingerprint density at radius 2 is 1.96 bits per heavy atom. The number of carbonyl (C=O) groups is 1. The van der Waals surface area contributed by atoms with Crippen LogP contribution in [0.2, 0.25) is 0 Å². The predicted octanol–water partition coefficient (Wildman–Crippen LogP) is 3.37. The molecular formula is C16H13F3N2O5S. The first kappa shape index (κ1) is 20.4. The zero-order valence-electron chi connectivity index (χ0n) is 13.8. The summed E-state index contributed by atoms with van der Waals surface area (Å²) in [6.07, 6.45) is -3.21. The van der Waals surface area contributed by atoms with E-state index in [0.717, 1.165) is 24.3 Å². The summed E-state index contributed by atoms with van der Waals surface area (Å²) < 4.78 is 54.5. The number of rotatable bonds is 6. The van der Waals surface area contributed by atoms with Crippen molar-refractivity contribution in [2.75, 3.05) is 18.2 Å². The van der Waals surface area contributed by atoms with Crippen molar-refractivity contribution in [3.63, 3.8) is 0 Å². The minimum atomic E-state index is -4.56. The molecule has 0 aromatic heterocycles. The minimum Gasteiger partial charge on any atom is -0.477 e. The van der Waals surface area contributed by atoms with E-state index in [0.29, 0.717) is 0 Å². The number of benzene rings is 2. The van der Waals surface area contributed by atoms with E-state index in [-0.39, 0.29) is 16.3 Å². The summed E-state index contributed by atoms with van der Waals surface area (Å²) in [5.74, 6) is -1.03. The van der Waals surface area contributed by atoms with E-state index in [9.17, 15) is 32.3 Å². The lowest BCUT2D eigenvalue weighted by atomic mass is 10.2. The molecule has 1 N–H and O–H groups in total. The van der Waals surface area contributed by atoms with E-state index in [1.54, 1.807) is 0 Å². The first-order valence-electron chi connectivity index (χ1n) is 7.29. The van der Waals surface area contributed by atoms with Crippen molar-refractivity contribution in [3.8, 4) is 5.75 Å². The lowest BCUT2D eigenvalue weighted by Gasteiger charge is -2.11. The Labute approximate surface area is 153 Å². The summed E-state index contributed by atoms with van der Waals surface area (Å²) in [5, 5.41) is 13.3. The molecule has 11 heteroatoms. The quantitative estimate of drug-likeness (QED) is 0.590. The van der Waals surface area contributed by atoms with Gasteiger partial charge in [-0.2, -0.15) is 13.2 Å². The molecule has 7 nitrogen and oxygen atoms in total. The zero-order chi connectivity index (χ0) is 20.2. The van der Waals surface area contributed by atoms with Crippen LogP contribution in [0, 0.1) is 10.1 Å². The van der Waals surface area contributed by atoms with Gasteiger partial charge in [0.15, 0.2) is 12.4 Å². The maximum absolute atomic E-state index is 12.7. The normalized spacial score (nSPS) is 12.3. The highest BCUT2D eigenvalue weighted by Crippen LogP contribution is 2.31. The summed E-state index contributed by atoms with van der Waals surface area (Å²) in [4.78, 5) is 22.4. The molecule has 2 aromatic rings. The maximum atomic E-state index is 12.7. The van der Waals surface area contributed by atoms with Crippen molar-refractivity contribution in [2.45, 2.75) is 11.1 Å². The van der Waals surface area contributed by atoms with E-state index in [1.807, 2.05) is 0 Å². The number of ether oxygens (including phenoxy) is 1. The number of hydrogen-bond acceptors (Lipinski definition) is 5. The second kappa shape index (κ2) is 8.16. The van der Waals surface area contributed by atoms with Crippen molar-refractivity contribution >= 4 is 28.1 Å². The number of nitro groups is 1. The van der Waals surface area contributed by atoms with Gasteiger partial charge in [-0.05, 0) is 30.3 Å². The Morgan fingerprint density at radius 3 is 2.56 bits per heavy atom. The van der Waals surface area contributed by atoms with Crippen molar-refractivity contribution in [3.05, 3.63) is 58.1 Å². The van der Waals surface area contributed by atoms with Gasteiger partial charge < -0.3 is 10.1 Å². The Bertz CT molecular complexity index is 902. The average molecular weight is 402 g/mol. The minimum absolute atomic E-state index is 0.0929. The molecule has 0 bridgehead atoms. The number of anilines is 1. The number of nitrogens with one attached hydrogen (secondary N) is 1. The molecule has 0 saturated carbocycles. The molecule has 0 saturated heterocycles. The summed E-state index contributed by atoms with van der Waals surface area (Å²) >= 11 is 0. The second-order valence-corrected chi connectivity index (χ2v) is 6.64. The van der Waals surface area contributed by atoms with Gasteiger partial charge in [-0.3, -0.25) is 19.1 Å². The first-order valence-corrected chi connectivity index (χ1v) is 8.85. The fraction of sp³-hybridized carbons (Fsp3) is 0.188. The zero-order valence-corrected chi connectivity index (χ0v) is 14.6. The number of hydrogen-bond donors (Lipinski definition) is 1. The highest BCUT2D eigenvalue weighted by Gasteiger charge is 2.30.